The van der Waals surface area contributed by atoms with E-state index in [1.807, 2.05) is 12.1 Å². The first-order valence-electron chi connectivity index (χ1n) is 10.1. The second-order valence-corrected chi connectivity index (χ2v) is 7.19. The predicted molar refractivity (Wildman–Crippen MR) is 112 cm³/mol. The number of benzene rings is 2. The van der Waals surface area contributed by atoms with Gasteiger partial charge in [-0.2, -0.15) is 5.26 Å². The minimum absolute atomic E-state index is 0.000328. The summed E-state index contributed by atoms with van der Waals surface area (Å²) in [5.41, 5.74) is 1.15. The first-order valence-corrected chi connectivity index (χ1v) is 10.1. The molecule has 0 atom stereocenters. The number of nitrogens with one attached hydrogen (secondary N) is 1. The molecule has 4 rings (SSSR count). The van der Waals surface area contributed by atoms with E-state index in [1.54, 1.807) is 12.1 Å². The summed E-state index contributed by atoms with van der Waals surface area (Å²) in [6, 6.07) is 13.9. The zero-order chi connectivity index (χ0) is 23.2. The van der Waals surface area contributed by atoms with Gasteiger partial charge in [-0.05, 0) is 42.0 Å². The van der Waals surface area contributed by atoms with E-state index in [9.17, 15) is 14.0 Å². The van der Waals surface area contributed by atoms with Crippen LogP contribution < -0.4 is 14.8 Å². The van der Waals surface area contributed by atoms with Crippen LogP contribution in [-0.2, 0) is 13.1 Å². The standard InChI is InChI=1S/C23H19FN4O5/c24-17-5-3-16(4-6-17)23(30)28(9-1-8-25)13-18-11-19(27-33-18)22(29)26-12-15-2-7-20-21(10-15)32-14-31-20/h2-7,10-11H,1,9,12-14H2,(H,26,29). The first kappa shape index (κ1) is 21.8. The van der Waals surface area contributed by atoms with Gasteiger partial charge in [0.1, 0.15) is 5.82 Å². The molecule has 168 valence electrons. The Labute approximate surface area is 188 Å². The van der Waals surface area contributed by atoms with E-state index < -0.39 is 17.6 Å². The summed E-state index contributed by atoms with van der Waals surface area (Å²) in [5, 5.41) is 15.4. The predicted octanol–water partition coefficient (Wildman–Crippen LogP) is 3.03. The highest BCUT2D eigenvalue weighted by molar-refractivity contribution is 5.94. The van der Waals surface area contributed by atoms with Crippen LogP contribution in [0, 0.1) is 17.1 Å². The number of nitrogens with zero attached hydrogens (tertiary/aromatic N) is 3. The quantitative estimate of drug-likeness (QED) is 0.560. The summed E-state index contributed by atoms with van der Waals surface area (Å²) < 4.78 is 29.0. The van der Waals surface area contributed by atoms with Crippen molar-refractivity contribution in [2.24, 2.45) is 0 Å². The molecular formula is C23H19FN4O5. The maximum Gasteiger partial charge on any atom is 0.273 e. The highest BCUT2D eigenvalue weighted by Gasteiger charge is 2.20. The molecule has 0 unspecified atom stereocenters. The van der Waals surface area contributed by atoms with Crippen molar-refractivity contribution in [2.75, 3.05) is 13.3 Å². The summed E-state index contributed by atoms with van der Waals surface area (Å²) in [5.74, 6) is 0.251. The number of halogens is 1. The van der Waals surface area contributed by atoms with Gasteiger partial charge in [0.05, 0.1) is 19.0 Å². The molecule has 2 aromatic carbocycles. The van der Waals surface area contributed by atoms with Crippen LogP contribution in [0.25, 0.3) is 0 Å². The summed E-state index contributed by atoms with van der Waals surface area (Å²) in [7, 11) is 0. The highest BCUT2D eigenvalue weighted by Crippen LogP contribution is 2.32. The van der Waals surface area contributed by atoms with Crippen molar-refractivity contribution in [3.63, 3.8) is 0 Å². The van der Waals surface area contributed by atoms with Gasteiger partial charge in [0, 0.05) is 24.7 Å². The lowest BCUT2D eigenvalue weighted by molar-refractivity contribution is 0.0730. The van der Waals surface area contributed by atoms with Crippen LogP contribution in [0.2, 0.25) is 0 Å². The monoisotopic (exact) mass is 450 g/mol. The van der Waals surface area contributed by atoms with Crippen molar-refractivity contribution in [1.82, 2.24) is 15.4 Å². The van der Waals surface area contributed by atoms with E-state index in [-0.39, 0.29) is 49.9 Å². The van der Waals surface area contributed by atoms with Gasteiger partial charge in [-0.1, -0.05) is 11.2 Å². The maximum absolute atomic E-state index is 13.2. The molecule has 1 aromatic heterocycles. The largest absolute Gasteiger partial charge is 0.454 e. The number of carbonyl (C=O) groups is 2. The molecule has 0 saturated heterocycles. The Morgan fingerprint density at radius 1 is 1.12 bits per heavy atom. The average molecular weight is 450 g/mol. The number of aromatic nitrogens is 1. The van der Waals surface area contributed by atoms with Crippen molar-refractivity contribution in [2.45, 2.75) is 19.5 Å². The lowest BCUT2D eigenvalue weighted by Gasteiger charge is -2.20. The van der Waals surface area contributed by atoms with Gasteiger partial charge in [-0.3, -0.25) is 9.59 Å². The van der Waals surface area contributed by atoms with E-state index >= 15 is 0 Å². The van der Waals surface area contributed by atoms with Crippen molar-refractivity contribution < 1.29 is 28.0 Å². The van der Waals surface area contributed by atoms with Crippen LogP contribution in [0.4, 0.5) is 4.39 Å². The molecule has 0 fully saturated rings. The Bertz CT molecular complexity index is 1200. The molecule has 1 aliphatic heterocycles. The van der Waals surface area contributed by atoms with Crippen molar-refractivity contribution in [3.05, 3.63) is 76.9 Å². The molecule has 0 radical (unpaired) electrons. The van der Waals surface area contributed by atoms with E-state index in [2.05, 4.69) is 10.5 Å². The Morgan fingerprint density at radius 2 is 1.91 bits per heavy atom. The molecule has 33 heavy (non-hydrogen) atoms. The van der Waals surface area contributed by atoms with Gasteiger partial charge in [-0.15, -0.1) is 0 Å². The molecule has 1 N–H and O–H groups in total. The van der Waals surface area contributed by atoms with E-state index in [4.69, 9.17) is 19.3 Å². The van der Waals surface area contributed by atoms with E-state index in [0.717, 1.165) is 5.56 Å². The average Bonchev–Trinajstić information content (AvgIpc) is 3.49. The molecule has 2 heterocycles. The molecular weight excluding hydrogens is 431 g/mol. The normalized spacial score (nSPS) is 11.6. The number of carbonyl (C=O) groups excluding carboxylic acids is 2. The minimum atomic E-state index is -0.457. The van der Waals surface area contributed by atoms with Crippen LogP contribution in [0.15, 0.2) is 53.1 Å². The number of hydrogen-bond donors (Lipinski definition) is 1. The molecule has 3 aromatic rings. The first-order chi connectivity index (χ1) is 16.0. The third-order valence-corrected chi connectivity index (χ3v) is 4.90. The Hall–Kier alpha value is -4.39. The number of hydrogen-bond acceptors (Lipinski definition) is 7. The van der Waals surface area contributed by atoms with E-state index in [0.29, 0.717) is 11.5 Å². The summed E-state index contributed by atoms with van der Waals surface area (Å²) in [6.45, 7) is 0.552. The zero-order valence-corrected chi connectivity index (χ0v) is 17.4. The van der Waals surface area contributed by atoms with Crippen molar-refractivity contribution >= 4 is 11.8 Å². The fourth-order valence-electron chi connectivity index (χ4n) is 3.22. The highest BCUT2D eigenvalue weighted by atomic mass is 19.1. The lowest BCUT2D eigenvalue weighted by atomic mass is 10.2. The summed E-state index contributed by atoms with van der Waals surface area (Å²) in [6.07, 6.45) is 0.101. The topological polar surface area (TPSA) is 118 Å². The fraction of sp³-hybridized carbons (Fsp3) is 0.217. The number of nitriles is 1. The maximum atomic E-state index is 13.2. The number of fused-ring (bicyclic) bond motifs is 1. The van der Waals surface area contributed by atoms with Crippen LogP contribution in [0.1, 0.15) is 38.6 Å². The molecule has 2 amide bonds. The van der Waals surface area contributed by atoms with Crippen molar-refractivity contribution in [1.29, 1.82) is 5.26 Å². The van der Waals surface area contributed by atoms with Crippen LogP contribution in [-0.4, -0.2) is 35.2 Å². The third kappa shape index (κ3) is 5.27. The van der Waals surface area contributed by atoms with Crippen LogP contribution in [0.3, 0.4) is 0 Å². The number of ether oxygens (including phenoxy) is 2. The summed E-state index contributed by atoms with van der Waals surface area (Å²) in [4.78, 5) is 26.6. The van der Waals surface area contributed by atoms with Crippen molar-refractivity contribution in [3.8, 4) is 17.6 Å². The third-order valence-electron chi connectivity index (χ3n) is 4.90. The SMILES string of the molecule is N#CCCN(Cc1cc(C(=O)NCc2ccc3c(c2)OCO3)no1)C(=O)c1ccc(F)cc1. The molecule has 0 aliphatic carbocycles. The van der Waals surface area contributed by atoms with Gasteiger partial charge >= 0.3 is 0 Å². The van der Waals surface area contributed by atoms with Gasteiger partial charge < -0.3 is 24.2 Å². The minimum Gasteiger partial charge on any atom is -0.454 e. The molecule has 0 bridgehead atoms. The molecule has 9 nitrogen and oxygen atoms in total. The fourth-order valence-corrected chi connectivity index (χ4v) is 3.22. The number of amides is 2. The smallest absolute Gasteiger partial charge is 0.273 e. The lowest BCUT2D eigenvalue weighted by Crippen LogP contribution is -2.31. The molecule has 0 spiro atoms. The Kier molecular flexibility index (Phi) is 6.50. The van der Waals surface area contributed by atoms with E-state index in [1.165, 1.54) is 35.2 Å². The van der Waals surface area contributed by atoms with Gasteiger partial charge in [0.25, 0.3) is 11.8 Å². The van der Waals surface area contributed by atoms with Crippen LogP contribution in [0.5, 0.6) is 11.5 Å². The van der Waals surface area contributed by atoms with Gasteiger partial charge in [0.15, 0.2) is 23.0 Å². The van der Waals surface area contributed by atoms with Gasteiger partial charge in [-0.25, -0.2) is 4.39 Å². The molecule has 10 heteroatoms. The van der Waals surface area contributed by atoms with Crippen LogP contribution >= 0.6 is 0 Å². The zero-order valence-electron chi connectivity index (χ0n) is 17.4. The molecule has 1 aliphatic rings. The second-order valence-electron chi connectivity index (χ2n) is 7.19. The second kappa shape index (κ2) is 9.82. The van der Waals surface area contributed by atoms with Gasteiger partial charge in [0.2, 0.25) is 6.79 Å². The Balaban J connectivity index is 1.39. The Morgan fingerprint density at radius 3 is 2.70 bits per heavy atom. The summed E-state index contributed by atoms with van der Waals surface area (Å²) >= 11 is 0. The molecule has 0 saturated carbocycles. The number of rotatable bonds is 8.